The van der Waals surface area contributed by atoms with Crippen LogP contribution in [0.1, 0.15) is 32.9 Å². The number of aliphatic hydroxyl groups is 1. The molecule has 2 N–H and O–H groups in total. The highest BCUT2D eigenvalue weighted by molar-refractivity contribution is 7.45. The number of aromatic nitrogens is 2. The Hall–Kier alpha value is -2.80. The molecule has 3 aromatic rings. The van der Waals surface area contributed by atoms with Crippen molar-refractivity contribution < 1.29 is 28.4 Å². The van der Waals surface area contributed by atoms with Crippen LogP contribution in [0.3, 0.4) is 0 Å². The van der Waals surface area contributed by atoms with Gasteiger partial charge in [0.1, 0.15) is 32.2 Å². The number of hydrogen-bond donors (Lipinski definition) is 2. The Kier molecular flexibility index (Phi) is 10.2. The predicted molar refractivity (Wildman–Crippen MR) is 179 cm³/mol. The molecule has 1 amide bonds. The quantitative estimate of drug-likeness (QED) is 0.235. The molecule has 13 heteroatoms. The summed E-state index contributed by atoms with van der Waals surface area (Å²) in [6.45, 7) is 6.49. The van der Waals surface area contributed by atoms with Crippen molar-refractivity contribution in [3.8, 4) is 0 Å². The van der Waals surface area contributed by atoms with Crippen molar-refractivity contribution in [2.75, 3.05) is 25.6 Å². The number of aliphatic hydroxyl groups excluding tert-OH is 1. The van der Waals surface area contributed by atoms with Crippen LogP contribution in [0.25, 0.3) is 0 Å². The maximum atomic E-state index is 13.1. The second-order valence-corrected chi connectivity index (χ2v) is 18.3. The average molecular weight is 667 g/mol. The Morgan fingerprint density at radius 2 is 1.76 bits per heavy atom. The molecule has 11 nitrogen and oxygen atoms in total. The van der Waals surface area contributed by atoms with E-state index in [9.17, 15) is 14.7 Å². The van der Waals surface area contributed by atoms with Crippen molar-refractivity contribution in [3.05, 3.63) is 83.4 Å². The molecule has 3 fully saturated rings. The van der Waals surface area contributed by atoms with E-state index in [1.165, 1.54) is 28.2 Å². The van der Waals surface area contributed by atoms with Crippen molar-refractivity contribution in [1.82, 2.24) is 14.2 Å². The van der Waals surface area contributed by atoms with E-state index in [1.807, 2.05) is 0 Å². The van der Waals surface area contributed by atoms with Crippen LogP contribution in [0.5, 0.6) is 0 Å². The molecule has 3 aliphatic heterocycles. The molecule has 2 aromatic carbocycles. The molecule has 0 radical (unpaired) electrons. The number of rotatable bonds is 11. The van der Waals surface area contributed by atoms with Gasteiger partial charge in [-0.15, -0.1) is 0 Å². The number of anilines is 1. The number of hydrogen-bond acceptors (Lipinski definition) is 9. The molecule has 1 unspecified atom stereocenters. The van der Waals surface area contributed by atoms with Crippen LogP contribution in [-0.2, 0) is 23.3 Å². The zero-order valence-electron chi connectivity index (χ0n) is 26.7. The Morgan fingerprint density at radius 3 is 2.35 bits per heavy atom. The second-order valence-electron chi connectivity index (χ2n) is 12.7. The highest BCUT2D eigenvalue weighted by atomic mass is 31.2. The monoisotopic (exact) mass is 666 g/mol. The Morgan fingerprint density at radius 1 is 1.09 bits per heavy atom. The number of amides is 1. The Bertz CT molecular complexity index is 1510. The fraction of sp³-hybridized carbons (Fsp3) is 0.485. The van der Waals surface area contributed by atoms with Gasteiger partial charge in [0.2, 0.25) is 5.91 Å². The van der Waals surface area contributed by atoms with E-state index in [0.29, 0.717) is 0 Å². The zero-order chi connectivity index (χ0) is 32.4. The van der Waals surface area contributed by atoms with Crippen molar-refractivity contribution in [1.29, 1.82) is 0 Å². The first-order valence-corrected chi connectivity index (χ1v) is 19.8. The lowest BCUT2D eigenvalue weighted by Gasteiger charge is -2.32. The maximum absolute atomic E-state index is 13.1. The van der Waals surface area contributed by atoms with Gasteiger partial charge in [0.15, 0.2) is 6.23 Å². The molecule has 0 bridgehead atoms. The summed E-state index contributed by atoms with van der Waals surface area (Å²) >= 11 is 0. The number of methoxy groups -OCH3 is 1. The first-order valence-electron chi connectivity index (χ1n) is 15.9. The van der Waals surface area contributed by atoms with Crippen LogP contribution < -0.4 is 21.4 Å². The molecular weight excluding hydrogens is 623 g/mol. The fourth-order valence-electron chi connectivity index (χ4n) is 6.79. The third kappa shape index (κ3) is 6.50. The number of ether oxygens (including phenoxy) is 2. The van der Waals surface area contributed by atoms with Crippen molar-refractivity contribution >= 4 is 38.7 Å². The van der Waals surface area contributed by atoms with E-state index >= 15 is 0 Å². The number of nitrogens with zero attached hydrogens (tertiary/aromatic N) is 3. The Balaban J connectivity index is 1.22. The normalized spacial score (nSPS) is 28.1. The summed E-state index contributed by atoms with van der Waals surface area (Å²) in [4.78, 5) is 29.2. The van der Waals surface area contributed by atoms with Gasteiger partial charge in [-0.05, 0) is 25.0 Å². The molecule has 46 heavy (non-hydrogen) atoms. The van der Waals surface area contributed by atoms with E-state index < -0.39 is 46.8 Å². The molecule has 3 aliphatic rings. The molecule has 246 valence electrons. The first-order chi connectivity index (χ1) is 22.2. The van der Waals surface area contributed by atoms with Gasteiger partial charge >= 0.3 is 5.69 Å². The minimum absolute atomic E-state index is 0.0159. The number of carbonyl (C=O) groups is 1. The van der Waals surface area contributed by atoms with Crippen LogP contribution in [0.2, 0.25) is 12.6 Å². The van der Waals surface area contributed by atoms with Crippen LogP contribution >= 0.6 is 8.53 Å². The summed E-state index contributed by atoms with van der Waals surface area (Å²) < 4.78 is 29.3. The molecule has 3 saturated heterocycles. The van der Waals surface area contributed by atoms with Gasteiger partial charge in [-0.3, -0.25) is 9.36 Å². The van der Waals surface area contributed by atoms with Gasteiger partial charge in [0.25, 0.3) is 8.53 Å². The van der Waals surface area contributed by atoms with Gasteiger partial charge in [-0.1, -0.05) is 91.4 Å². The van der Waals surface area contributed by atoms with Crippen molar-refractivity contribution in [3.63, 3.8) is 0 Å². The van der Waals surface area contributed by atoms with Gasteiger partial charge in [-0.2, -0.15) is 4.98 Å². The number of benzene rings is 2. The third-order valence-corrected chi connectivity index (χ3v) is 15.6. The van der Waals surface area contributed by atoms with Gasteiger partial charge in [0.05, 0.1) is 12.7 Å². The molecule has 0 spiro atoms. The van der Waals surface area contributed by atoms with Crippen LogP contribution in [0.15, 0.2) is 77.7 Å². The molecule has 7 atom stereocenters. The molecule has 4 heterocycles. The van der Waals surface area contributed by atoms with Gasteiger partial charge in [-0.25, -0.2) is 9.46 Å². The molecule has 1 aromatic heterocycles. The highest BCUT2D eigenvalue weighted by Gasteiger charge is 2.54. The van der Waals surface area contributed by atoms with Crippen molar-refractivity contribution in [2.24, 2.45) is 5.92 Å². The van der Waals surface area contributed by atoms with Gasteiger partial charge < -0.3 is 28.9 Å². The van der Waals surface area contributed by atoms with E-state index in [-0.39, 0.29) is 36.4 Å². The summed E-state index contributed by atoms with van der Waals surface area (Å²) in [6, 6.07) is 24.2. The van der Waals surface area contributed by atoms with E-state index in [2.05, 4.69) is 82.2 Å². The molecular formula is C33H43N4O7PSi. The SMILES string of the molecule is CO[C@H]1C(O[P@]2O[C@@H](C[Si](C)(c3ccccc3)c3ccccc3)[C@H]3CCCN32)[C@@H](CO)O[C@H]1n1ccc(NC(=O)C(C)C)nc1=O. The average Bonchev–Trinajstić information content (AvgIpc) is 3.77. The molecule has 0 aliphatic carbocycles. The highest BCUT2D eigenvalue weighted by Crippen LogP contribution is 2.59. The van der Waals surface area contributed by atoms with Crippen LogP contribution in [0.4, 0.5) is 5.82 Å². The van der Waals surface area contributed by atoms with Crippen LogP contribution in [-0.4, -0.2) is 84.0 Å². The van der Waals surface area contributed by atoms with Crippen LogP contribution in [0, 0.1) is 5.92 Å². The molecule has 6 rings (SSSR count). The summed E-state index contributed by atoms with van der Waals surface area (Å²) in [5.74, 6) is -0.335. The second kappa shape index (κ2) is 14.1. The Labute approximate surface area is 271 Å². The summed E-state index contributed by atoms with van der Waals surface area (Å²) in [5.41, 5.74) is -0.612. The minimum atomic E-state index is -2.18. The standard InChI is InChI=1S/C33H43N4O7PSi/c1-22(2)31(39)34-28-17-19-36(33(40)35-28)32-30(41-3)29(26(20-38)42-32)44-45-37-18-11-16-25(37)27(43-45)21-46(4,23-12-7-5-8-13-23)24-14-9-6-10-15-24/h5-10,12-15,17,19,22,25-27,29-30,32,38H,11,16,18,20-21H2,1-4H3,(H,34,35,39,40)/t25-,26-,27+,29?,30+,32-,45+/m1/s1. The van der Waals surface area contributed by atoms with Crippen molar-refractivity contribution in [2.45, 2.75) is 76.0 Å². The fourth-order valence-corrected chi connectivity index (χ4v) is 12.8. The topological polar surface area (TPSA) is 124 Å². The summed E-state index contributed by atoms with van der Waals surface area (Å²) in [7, 11) is -2.12. The van der Waals surface area contributed by atoms with E-state index in [0.717, 1.165) is 25.4 Å². The molecule has 0 saturated carbocycles. The smallest absolute Gasteiger partial charge is 0.351 e. The number of fused-ring (bicyclic) bond motifs is 1. The van der Waals surface area contributed by atoms with E-state index in [1.54, 1.807) is 19.9 Å². The summed E-state index contributed by atoms with van der Waals surface area (Å²) in [5, 5.41) is 15.7. The third-order valence-electron chi connectivity index (χ3n) is 9.39. The maximum Gasteiger partial charge on any atom is 0.351 e. The lowest BCUT2D eigenvalue weighted by Crippen LogP contribution is -2.58. The largest absolute Gasteiger partial charge is 0.394 e. The minimum Gasteiger partial charge on any atom is -0.394 e. The zero-order valence-corrected chi connectivity index (χ0v) is 28.6. The predicted octanol–water partition coefficient (Wildman–Crippen LogP) is 3.11. The number of nitrogens with one attached hydrogen (secondary N) is 1. The van der Waals surface area contributed by atoms with Gasteiger partial charge in [0, 0.05) is 31.8 Å². The summed E-state index contributed by atoms with van der Waals surface area (Å²) in [6.07, 6.45) is 0.543. The number of carbonyl (C=O) groups excluding carboxylic acids is 1. The lowest BCUT2D eigenvalue weighted by atomic mass is 10.1. The lowest BCUT2D eigenvalue weighted by molar-refractivity contribution is -0.118. The first kappa shape index (κ1) is 33.1. The van der Waals surface area contributed by atoms with E-state index in [4.69, 9.17) is 18.5 Å².